The van der Waals surface area contributed by atoms with Crippen molar-refractivity contribution in [2.75, 3.05) is 0 Å². The van der Waals surface area contributed by atoms with Crippen molar-refractivity contribution in [3.63, 3.8) is 0 Å². The second-order valence-electron chi connectivity index (χ2n) is 3.60. The predicted octanol–water partition coefficient (Wildman–Crippen LogP) is 3.98. The molecule has 0 bridgehead atoms. The second-order valence-corrected chi connectivity index (χ2v) is 4.00. The molecule has 0 amide bonds. The Labute approximate surface area is 106 Å². The summed E-state index contributed by atoms with van der Waals surface area (Å²) >= 11 is 5.62. The maximum Gasteiger partial charge on any atom is 0.339 e. The minimum absolute atomic E-state index is 0.145. The average Bonchev–Trinajstić information content (AvgIpc) is 2.32. The third-order valence-corrected chi connectivity index (χ3v) is 2.75. The Bertz CT molecular complexity index is 626. The molecule has 0 spiro atoms. The average molecular weight is 269 g/mol. The molecule has 5 heteroatoms. The molecule has 0 heterocycles. The number of carboxylic acids is 1. The summed E-state index contributed by atoms with van der Waals surface area (Å²) in [6, 6.07) is 7.59. The molecular formula is C13H7ClF2O2. The van der Waals surface area contributed by atoms with Crippen molar-refractivity contribution in [1.29, 1.82) is 0 Å². The quantitative estimate of drug-likeness (QED) is 0.894. The van der Waals surface area contributed by atoms with E-state index in [1.807, 2.05) is 0 Å². The third-order valence-electron chi connectivity index (χ3n) is 2.46. The Hall–Kier alpha value is -1.94. The van der Waals surface area contributed by atoms with E-state index in [0.717, 1.165) is 12.1 Å². The Kier molecular flexibility index (Phi) is 3.30. The van der Waals surface area contributed by atoms with Crippen LogP contribution in [0.2, 0.25) is 5.02 Å². The van der Waals surface area contributed by atoms with E-state index < -0.39 is 23.2 Å². The van der Waals surface area contributed by atoms with E-state index in [1.165, 1.54) is 24.3 Å². The summed E-state index contributed by atoms with van der Waals surface area (Å²) in [5.41, 5.74) is 0.0443. The van der Waals surface area contributed by atoms with Crippen LogP contribution in [0.25, 0.3) is 11.1 Å². The van der Waals surface area contributed by atoms with Crippen LogP contribution in [0.15, 0.2) is 36.4 Å². The lowest BCUT2D eigenvalue weighted by molar-refractivity contribution is 0.0693. The Morgan fingerprint density at radius 1 is 1.11 bits per heavy atom. The summed E-state index contributed by atoms with van der Waals surface area (Å²) < 4.78 is 26.5. The molecule has 0 fully saturated rings. The predicted molar refractivity (Wildman–Crippen MR) is 63.8 cm³/mol. The van der Waals surface area contributed by atoms with Crippen molar-refractivity contribution in [2.24, 2.45) is 0 Å². The molecule has 0 saturated heterocycles. The summed E-state index contributed by atoms with van der Waals surface area (Å²) in [7, 11) is 0. The molecule has 18 heavy (non-hydrogen) atoms. The van der Waals surface area contributed by atoms with Gasteiger partial charge in [0.2, 0.25) is 0 Å². The zero-order chi connectivity index (χ0) is 13.3. The number of carboxylic acid groups (broad SMARTS) is 1. The second kappa shape index (κ2) is 4.74. The monoisotopic (exact) mass is 268 g/mol. The Morgan fingerprint density at radius 2 is 1.83 bits per heavy atom. The van der Waals surface area contributed by atoms with Gasteiger partial charge >= 0.3 is 5.97 Å². The summed E-state index contributed by atoms with van der Waals surface area (Å²) in [5.74, 6) is -2.85. The van der Waals surface area contributed by atoms with Gasteiger partial charge in [0.1, 0.15) is 17.2 Å². The third kappa shape index (κ3) is 2.19. The first-order valence-electron chi connectivity index (χ1n) is 4.98. The van der Waals surface area contributed by atoms with Crippen LogP contribution in [-0.4, -0.2) is 11.1 Å². The van der Waals surface area contributed by atoms with E-state index in [-0.39, 0.29) is 10.6 Å². The Morgan fingerprint density at radius 3 is 2.44 bits per heavy atom. The molecule has 0 saturated carbocycles. The van der Waals surface area contributed by atoms with Crippen molar-refractivity contribution in [1.82, 2.24) is 0 Å². The van der Waals surface area contributed by atoms with Crippen molar-refractivity contribution >= 4 is 17.6 Å². The van der Waals surface area contributed by atoms with Gasteiger partial charge in [0.15, 0.2) is 0 Å². The van der Waals surface area contributed by atoms with Gasteiger partial charge in [0, 0.05) is 0 Å². The Balaban J connectivity index is 2.67. The van der Waals surface area contributed by atoms with Crippen LogP contribution in [0.4, 0.5) is 8.78 Å². The highest BCUT2D eigenvalue weighted by atomic mass is 35.5. The lowest BCUT2D eigenvalue weighted by Gasteiger charge is -2.07. The summed E-state index contributed by atoms with van der Waals surface area (Å²) in [6.07, 6.45) is 0. The van der Waals surface area contributed by atoms with Crippen LogP contribution in [-0.2, 0) is 0 Å². The number of benzene rings is 2. The summed E-state index contributed by atoms with van der Waals surface area (Å²) in [4.78, 5) is 11.0. The smallest absolute Gasteiger partial charge is 0.339 e. The molecule has 2 rings (SSSR count). The van der Waals surface area contributed by atoms with E-state index in [9.17, 15) is 13.6 Å². The van der Waals surface area contributed by atoms with Gasteiger partial charge in [0.25, 0.3) is 0 Å². The minimum Gasteiger partial charge on any atom is -0.478 e. The number of aromatic carboxylic acids is 1. The van der Waals surface area contributed by atoms with Gasteiger partial charge in [0.05, 0.1) is 5.02 Å². The highest BCUT2D eigenvalue weighted by molar-refractivity contribution is 6.31. The molecule has 2 nitrogen and oxygen atoms in total. The van der Waals surface area contributed by atoms with E-state index >= 15 is 0 Å². The van der Waals surface area contributed by atoms with Crippen molar-refractivity contribution in [3.05, 3.63) is 58.6 Å². The lowest BCUT2D eigenvalue weighted by Crippen LogP contribution is -2.03. The summed E-state index contributed by atoms with van der Waals surface area (Å²) in [6.45, 7) is 0. The van der Waals surface area contributed by atoms with Crippen molar-refractivity contribution in [2.45, 2.75) is 0 Å². The van der Waals surface area contributed by atoms with Crippen LogP contribution in [0.1, 0.15) is 10.4 Å². The molecule has 0 radical (unpaired) electrons. The maximum atomic E-state index is 13.5. The number of halogens is 3. The number of hydrogen-bond donors (Lipinski definition) is 1. The fraction of sp³-hybridized carbons (Fsp3) is 0. The van der Waals surface area contributed by atoms with Crippen molar-refractivity contribution in [3.8, 4) is 11.1 Å². The fourth-order valence-corrected chi connectivity index (χ4v) is 1.83. The van der Waals surface area contributed by atoms with E-state index in [2.05, 4.69) is 0 Å². The van der Waals surface area contributed by atoms with Crippen LogP contribution in [0.5, 0.6) is 0 Å². The number of rotatable bonds is 2. The highest BCUT2D eigenvalue weighted by Crippen LogP contribution is 2.29. The van der Waals surface area contributed by atoms with Crippen LogP contribution in [0.3, 0.4) is 0 Å². The van der Waals surface area contributed by atoms with Gasteiger partial charge < -0.3 is 5.11 Å². The van der Waals surface area contributed by atoms with Gasteiger partial charge in [-0.25, -0.2) is 13.6 Å². The molecule has 0 aliphatic heterocycles. The van der Waals surface area contributed by atoms with E-state index in [1.54, 1.807) is 0 Å². The first-order valence-corrected chi connectivity index (χ1v) is 5.35. The van der Waals surface area contributed by atoms with Crippen LogP contribution >= 0.6 is 11.6 Å². The van der Waals surface area contributed by atoms with Crippen molar-refractivity contribution < 1.29 is 18.7 Å². The first-order chi connectivity index (χ1) is 8.50. The van der Waals surface area contributed by atoms with Crippen LogP contribution in [0, 0.1) is 11.6 Å². The number of carbonyl (C=O) groups is 1. The topological polar surface area (TPSA) is 37.3 Å². The summed E-state index contributed by atoms with van der Waals surface area (Å²) in [5, 5.41) is 8.84. The largest absolute Gasteiger partial charge is 0.478 e. The van der Waals surface area contributed by atoms with E-state index in [0.29, 0.717) is 5.56 Å². The van der Waals surface area contributed by atoms with E-state index in [4.69, 9.17) is 16.7 Å². The standard InChI is InChI=1S/C13H7ClF2O2/c14-9-6-7(4-5-10(9)15)8-2-1-3-11(16)12(8)13(17)18/h1-6H,(H,17,18). The van der Waals surface area contributed by atoms with Gasteiger partial charge in [-0.2, -0.15) is 0 Å². The molecule has 0 aliphatic carbocycles. The highest BCUT2D eigenvalue weighted by Gasteiger charge is 2.17. The van der Waals surface area contributed by atoms with Gasteiger partial charge in [-0.3, -0.25) is 0 Å². The molecule has 0 aliphatic rings. The zero-order valence-corrected chi connectivity index (χ0v) is 9.71. The molecule has 2 aromatic carbocycles. The molecule has 1 N–H and O–H groups in total. The first kappa shape index (κ1) is 12.5. The fourth-order valence-electron chi connectivity index (χ4n) is 1.65. The van der Waals surface area contributed by atoms with Gasteiger partial charge in [-0.1, -0.05) is 29.8 Å². The molecule has 0 atom stereocenters. The SMILES string of the molecule is O=C(O)c1c(F)cccc1-c1ccc(F)c(Cl)c1. The maximum absolute atomic E-state index is 13.5. The van der Waals surface area contributed by atoms with Gasteiger partial charge in [-0.05, 0) is 29.3 Å². The van der Waals surface area contributed by atoms with Crippen LogP contribution < -0.4 is 0 Å². The molecule has 0 aromatic heterocycles. The number of hydrogen-bond acceptors (Lipinski definition) is 1. The molecule has 0 unspecified atom stereocenters. The minimum atomic E-state index is -1.39. The molecular weight excluding hydrogens is 262 g/mol. The molecule has 92 valence electrons. The normalized spacial score (nSPS) is 10.4. The van der Waals surface area contributed by atoms with Gasteiger partial charge in [-0.15, -0.1) is 0 Å². The lowest BCUT2D eigenvalue weighted by atomic mass is 9.99. The molecule has 2 aromatic rings. The zero-order valence-electron chi connectivity index (χ0n) is 8.95.